The number of aliphatic carboxylic acids is 1. The predicted octanol–water partition coefficient (Wildman–Crippen LogP) is 4.51. The number of para-hydroxylation sites is 1. The number of hydrogen-bond acceptors (Lipinski definition) is 3. The lowest BCUT2D eigenvalue weighted by Crippen LogP contribution is -2.41. The molecule has 3 aliphatic rings. The van der Waals surface area contributed by atoms with Gasteiger partial charge in [0, 0.05) is 17.4 Å². The second-order valence-corrected chi connectivity index (χ2v) is 7.45. The second-order valence-electron chi connectivity index (χ2n) is 7.45. The van der Waals surface area contributed by atoms with E-state index in [1.165, 1.54) is 32.1 Å². The number of fused-ring (bicyclic) bond motifs is 3. The van der Waals surface area contributed by atoms with E-state index in [9.17, 15) is 4.79 Å². The summed E-state index contributed by atoms with van der Waals surface area (Å²) in [6.45, 7) is -0.316. The average Bonchev–Trinajstić information content (AvgIpc) is 2.66. The predicted molar refractivity (Wildman–Crippen MR) is 94.6 cm³/mol. The van der Waals surface area contributed by atoms with Crippen LogP contribution in [0.4, 0.5) is 0 Å². The highest BCUT2D eigenvalue weighted by Gasteiger charge is 2.44. The number of ether oxygens (including phenoxy) is 2. The Morgan fingerprint density at radius 1 is 1.12 bits per heavy atom. The summed E-state index contributed by atoms with van der Waals surface area (Å²) < 4.78 is 12.2. The topological polar surface area (TPSA) is 55.8 Å². The molecule has 4 rings (SSSR count). The van der Waals surface area contributed by atoms with E-state index < -0.39 is 5.97 Å². The highest BCUT2D eigenvalue weighted by molar-refractivity contribution is 5.68. The Morgan fingerprint density at radius 3 is 2.80 bits per heavy atom. The number of benzene rings is 1. The Labute approximate surface area is 148 Å². The lowest BCUT2D eigenvalue weighted by molar-refractivity contribution is -0.139. The smallest absolute Gasteiger partial charge is 0.341 e. The minimum absolute atomic E-state index is 0.0177. The van der Waals surface area contributed by atoms with Crippen molar-refractivity contribution in [2.24, 2.45) is 11.8 Å². The molecule has 0 spiro atoms. The van der Waals surface area contributed by atoms with E-state index >= 15 is 0 Å². The van der Waals surface area contributed by atoms with Crippen LogP contribution in [0.3, 0.4) is 0 Å². The first-order valence-electron chi connectivity index (χ1n) is 9.53. The number of hydrogen-bond donors (Lipinski definition) is 1. The van der Waals surface area contributed by atoms with Crippen LogP contribution >= 0.6 is 0 Å². The average molecular weight is 342 g/mol. The zero-order valence-electron chi connectivity index (χ0n) is 14.5. The fourth-order valence-corrected chi connectivity index (χ4v) is 4.88. The van der Waals surface area contributed by atoms with Gasteiger partial charge in [0.2, 0.25) is 0 Å². The van der Waals surface area contributed by atoms with Gasteiger partial charge in [-0.2, -0.15) is 0 Å². The van der Waals surface area contributed by atoms with Crippen molar-refractivity contribution in [2.45, 2.75) is 57.2 Å². The molecule has 134 valence electrons. The Morgan fingerprint density at radius 2 is 1.92 bits per heavy atom. The Bertz CT molecular complexity index is 666. The van der Waals surface area contributed by atoms with Gasteiger partial charge in [0.1, 0.15) is 5.75 Å². The van der Waals surface area contributed by atoms with Gasteiger partial charge in [-0.15, -0.1) is 0 Å². The van der Waals surface area contributed by atoms with Crippen LogP contribution in [-0.4, -0.2) is 23.8 Å². The largest absolute Gasteiger partial charge is 0.482 e. The van der Waals surface area contributed by atoms with Gasteiger partial charge in [0.15, 0.2) is 6.61 Å². The molecule has 2 fully saturated rings. The van der Waals surface area contributed by atoms with Crippen LogP contribution < -0.4 is 4.74 Å². The number of rotatable bonds is 4. The third-order valence-corrected chi connectivity index (χ3v) is 5.92. The third-order valence-electron chi connectivity index (χ3n) is 5.92. The standard InChI is InChI=1S/C21H26O4/c22-20(23)13-24-18-11-5-4-10-17(18)21-16-9-2-1-7-14(16)15-8-3-6-12-19(15)25-21/h4-5,7,10-11,15-16,19,21H,1-3,6,8-9,12-13H2,(H,22,23)/t15-,16+,19+,21+/m1/s1. The summed E-state index contributed by atoms with van der Waals surface area (Å²) in [5, 5.41) is 8.95. The van der Waals surface area contributed by atoms with Gasteiger partial charge >= 0.3 is 5.97 Å². The quantitative estimate of drug-likeness (QED) is 0.818. The van der Waals surface area contributed by atoms with Crippen LogP contribution in [0.15, 0.2) is 35.9 Å². The molecule has 1 aromatic rings. The van der Waals surface area contributed by atoms with E-state index in [1.54, 1.807) is 5.57 Å². The zero-order valence-corrected chi connectivity index (χ0v) is 14.5. The summed E-state index contributed by atoms with van der Waals surface area (Å²) in [6, 6.07) is 7.79. The van der Waals surface area contributed by atoms with E-state index in [0.29, 0.717) is 23.7 Å². The Balaban J connectivity index is 1.66. The molecule has 4 heteroatoms. The van der Waals surface area contributed by atoms with Gasteiger partial charge in [-0.05, 0) is 38.2 Å². The van der Waals surface area contributed by atoms with E-state index in [-0.39, 0.29) is 12.7 Å². The number of carboxylic acids is 1. The van der Waals surface area contributed by atoms with E-state index in [1.807, 2.05) is 24.3 Å². The second kappa shape index (κ2) is 7.20. The summed E-state index contributed by atoms with van der Waals surface area (Å²) >= 11 is 0. The Kier molecular flexibility index (Phi) is 4.80. The number of carboxylic acid groups (broad SMARTS) is 1. The summed E-state index contributed by atoms with van der Waals surface area (Å²) in [5.74, 6) is 0.684. The minimum atomic E-state index is -0.954. The molecule has 0 bridgehead atoms. The van der Waals surface area contributed by atoms with Crippen molar-refractivity contribution in [3.63, 3.8) is 0 Å². The molecule has 4 atom stereocenters. The molecule has 1 N–H and O–H groups in total. The molecule has 1 aliphatic heterocycles. The molecule has 25 heavy (non-hydrogen) atoms. The molecule has 0 amide bonds. The van der Waals surface area contributed by atoms with Crippen LogP contribution in [0.25, 0.3) is 0 Å². The maximum absolute atomic E-state index is 10.9. The molecule has 1 aromatic carbocycles. The van der Waals surface area contributed by atoms with E-state index in [2.05, 4.69) is 6.08 Å². The first kappa shape index (κ1) is 16.6. The molecule has 0 aromatic heterocycles. The molecule has 0 unspecified atom stereocenters. The first-order chi connectivity index (χ1) is 12.2. The lowest BCUT2D eigenvalue weighted by Gasteiger charge is -2.47. The van der Waals surface area contributed by atoms with Crippen molar-refractivity contribution in [1.82, 2.24) is 0 Å². The molecule has 1 saturated carbocycles. The molecular weight excluding hydrogens is 316 g/mol. The van der Waals surface area contributed by atoms with Crippen molar-refractivity contribution in [1.29, 1.82) is 0 Å². The molecule has 2 aliphatic carbocycles. The molecule has 4 nitrogen and oxygen atoms in total. The van der Waals surface area contributed by atoms with Crippen molar-refractivity contribution in [3.05, 3.63) is 41.5 Å². The Hall–Kier alpha value is -1.81. The fourth-order valence-electron chi connectivity index (χ4n) is 4.88. The van der Waals surface area contributed by atoms with Gasteiger partial charge in [-0.1, -0.05) is 42.7 Å². The van der Waals surface area contributed by atoms with Gasteiger partial charge in [-0.25, -0.2) is 4.79 Å². The van der Waals surface area contributed by atoms with Crippen molar-refractivity contribution in [2.75, 3.05) is 6.61 Å². The van der Waals surface area contributed by atoms with Crippen LogP contribution in [0.1, 0.15) is 56.6 Å². The SMILES string of the molecule is O=C(O)COc1ccccc1[C@H]1O[C@H]2CCCC[C@@H]2C2=CCCC[C@@H]21. The molecule has 1 saturated heterocycles. The van der Waals surface area contributed by atoms with Gasteiger partial charge in [-0.3, -0.25) is 0 Å². The summed E-state index contributed by atoms with van der Waals surface area (Å²) in [6.07, 6.45) is 11.2. The summed E-state index contributed by atoms with van der Waals surface area (Å²) in [5.41, 5.74) is 2.60. The van der Waals surface area contributed by atoms with Crippen LogP contribution in [-0.2, 0) is 9.53 Å². The van der Waals surface area contributed by atoms with Crippen molar-refractivity contribution in [3.8, 4) is 5.75 Å². The van der Waals surface area contributed by atoms with E-state index in [0.717, 1.165) is 18.4 Å². The van der Waals surface area contributed by atoms with Crippen LogP contribution in [0.2, 0.25) is 0 Å². The highest BCUT2D eigenvalue weighted by Crippen LogP contribution is 2.52. The monoisotopic (exact) mass is 342 g/mol. The zero-order chi connectivity index (χ0) is 17.2. The number of allylic oxidation sites excluding steroid dienone is 1. The minimum Gasteiger partial charge on any atom is -0.482 e. The normalized spacial score (nSPS) is 31.4. The van der Waals surface area contributed by atoms with Gasteiger partial charge < -0.3 is 14.6 Å². The highest BCUT2D eigenvalue weighted by atomic mass is 16.5. The lowest BCUT2D eigenvalue weighted by atomic mass is 9.68. The number of carbonyl (C=O) groups is 1. The third kappa shape index (κ3) is 3.32. The van der Waals surface area contributed by atoms with Gasteiger partial charge in [0.25, 0.3) is 0 Å². The van der Waals surface area contributed by atoms with Crippen LogP contribution in [0, 0.1) is 11.8 Å². The molecule has 0 radical (unpaired) electrons. The fraction of sp³-hybridized carbons (Fsp3) is 0.571. The van der Waals surface area contributed by atoms with Crippen LogP contribution in [0.5, 0.6) is 5.75 Å². The van der Waals surface area contributed by atoms with Gasteiger partial charge in [0.05, 0.1) is 12.2 Å². The maximum Gasteiger partial charge on any atom is 0.341 e. The molecule has 1 heterocycles. The summed E-state index contributed by atoms with van der Waals surface area (Å²) in [4.78, 5) is 10.9. The summed E-state index contributed by atoms with van der Waals surface area (Å²) in [7, 11) is 0. The maximum atomic E-state index is 10.9. The van der Waals surface area contributed by atoms with Crippen molar-refractivity contribution >= 4 is 5.97 Å². The first-order valence-corrected chi connectivity index (χ1v) is 9.53. The van der Waals surface area contributed by atoms with E-state index in [4.69, 9.17) is 14.6 Å². The van der Waals surface area contributed by atoms with Crippen molar-refractivity contribution < 1.29 is 19.4 Å². The molecular formula is C21H26O4.